The van der Waals surface area contributed by atoms with Gasteiger partial charge in [-0.25, -0.2) is 0 Å². The molecule has 0 saturated heterocycles. The van der Waals surface area contributed by atoms with Crippen molar-refractivity contribution in [2.24, 2.45) is 22.7 Å². The molecule has 3 rings (SSSR count). The molecule has 0 aromatic rings. The fourth-order valence-corrected chi connectivity index (χ4v) is 4.70. The summed E-state index contributed by atoms with van der Waals surface area (Å²) in [4.78, 5) is 24.5. The summed E-state index contributed by atoms with van der Waals surface area (Å²) >= 11 is 0. The maximum absolute atomic E-state index is 12.3. The zero-order valence-electron chi connectivity index (χ0n) is 13.5. The number of carbonyl (C=O) groups is 2. The molecular formula is C19H18N2O2. The summed E-state index contributed by atoms with van der Waals surface area (Å²) in [5.41, 5.74) is 0.420. The SMILES string of the molecule is C[C@H]1C(=O)C(C#N)=C[C@]2(C)C3=CC(=O)C(C#N)=C[C@]3(C)CCC12. The summed E-state index contributed by atoms with van der Waals surface area (Å²) in [6.07, 6.45) is 6.72. The molecule has 0 aliphatic heterocycles. The second-order valence-electron chi connectivity index (χ2n) is 7.26. The molecule has 0 spiro atoms. The van der Waals surface area contributed by atoms with Crippen molar-refractivity contribution in [2.45, 2.75) is 33.6 Å². The molecular weight excluding hydrogens is 288 g/mol. The van der Waals surface area contributed by atoms with Crippen LogP contribution in [0.15, 0.2) is 34.9 Å². The van der Waals surface area contributed by atoms with Crippen LogP contribution in [0.25, 0.3) is 0 Å². The Morgan fingerprint density at radius 1 is 1.13 bits per heavy atom. The van der Waals surface area contributed by atoms with Crippen LogP contribution in [0.5, 0.6) is 0 Å². The number of carbonyl (C=O) groups excluding carboxylic acids is 2. The molecule has 3 aliphatic rings. The molecule has 4 atom stereocenters. The Kier molecular flexibility index (Phi) is 3.20. The van der Waals surface area contributed by atoms with E-state index in [1.807, 2.05) is 32.9 Å². The lowest BCUT2D eigenvalue weighted by Crippen LogP contribution is -2.48. The van der Waals surface area contributed by atoms with Crippen molar-refractivity contribution in [1.29, 1.82) is 10.5 Å². The van der Waals surface area contributed by atoms with Gasteiger partial charge in [-0.1, -0.05) is 32.9 Å². The lowest BCUT2D eigenvalue weighted by Gasteiger charge is -2.54. The van der Waals surface area contributed by atoms with E-state index in [0.717, 1.165) is 18.4 Å². The normalized spacial score (nSPS) is 39.1. The maximum atomic E-state index is 12.3. The number of hydrogen-bond acceptors (Lipinski definition) is 4. The summed E-state index contributed by atoms with van der Waals surface area (Å²) in [5.74, 6) is -0.536. The molecule has 23 heavy (non-hydrogen) atoms. The minimum absolute atomic E-state index is 0.0799. The Morgan fingerprint density at radius 3 is 2.39 bits per heavy atom. The highest BCUT2D eigenvalue weighted by molar-refractivity contribution is 6.09. The van der Waals surface area contributed by atoms with E-state index in [2.05, 4.69) is 0 Å². The fourth-order valence-electron chi connectivity index (χ4n) is 4.70. The van der Waals surface area contributed by atoms with Crippen molar-refractivity contribution >= 4 is 11.6 Å². The van der Waals surface area contributed by atoms with Crippen LogP contribution < -0.4 is 0 Å². The first-order valence-electron chi connectivity index (χ1n) is 7.84. The Hall–Kier alpha value is -2.46. The summed E-state index contributed by atoms with van der Waals surface area (Å²) in [5, 5.41) is 18.4. The molecule has 3 aliphatic carbocycles. The van der Waals surface area contributed by atoms with Crippen LogP contribution in [0.2, 0.25) is 0 Å². The maximum Gasteiger partial charge on any atom is 0.196 e. The number of Topliss-reactive ketones (excluding diaryl/α,β-unsaturated/α-hetero) is 1. The quantitative estimate of drug-likeness (QED) is 0.688. The van der Waals surface area contributed by atoms with Crippen molar-refractivity contribution in [3.05, 3.63) is 34.9 Å². The highest BCUT2D eigenvalue weighted by atomic mass is 16.1. The van der Waals surface area contributed by atoms with Crippen LogP contribution in [0, 0.1) is 45.3 Å². The van der Waals surface area contributed by atoms with Gasteiger partial charge in [0.05, 0.1) is 11.1 Å². The number of nitrogens with zero attached hydrogens (tertiary/aromatic N) is 2. The zero-order valence-corrected chi connectivity index (χ0v) is 13.5. The van der Waals surface area contributed by atoms with Crippen LogP contribution in [0.4, 0.5) is 0 Å². The number of nitriles is 2. The minimum Gasteiger partial charge on any atom is -0.293 e. The molecule has 0 radical (unpaired) electrons. The smallest absolute Gasteiger partial charge is 0.196 e. The molecule has 0 aromatic heterocycles. The van der Waals surface area contributed by atoms with Gasteiger partial charge in [-0.05, 0) is 30.4 Å². The molecule has 0 heterocycles. The highest BCUT2D eigenvalue weighted by Gasteiger charge is 2.54. The second-order valence-corrected chi connectivity index (χ2v) is 7.26. The van der Waals surface area contributed by atoms with Crippen LogP contribution in [0.3, 0.4) is 0 Å². The Balaban J connectivity index is 2.22. The third-order valence-corrected chi connectivity index (χ3v) is 5.91. The van der Waals surface area contributed by atoms with Gasteiger partial charge in [0.25, 0.3) is 0 Å². The first kappa shape index (κ1) is 15.4. The van der Waals surface area contributed by atoms with Crippen LogP contribution >= 0.6 is 0 Å². The Bertz CT molecular complexity index is 802. The van der Waals surface area contributed by atoms with Gasteiger partial charge in [0.15, 0.2) is 11.6 Å². The molecule has 1 saturated carbocycles. The topological polar surface area (TPSA) is 81.7 Å². The predicted octanol–water partition coefficient (Wildman–Crippen LogP) is 3.04. The van der Waals surface area contributed by atoms with Gasteiger partial charge in [-0.3, -0.25) is 9.59 Å². The van der Waals surface area contributed by atoms with Gasteiger partial charge in [-0.15, -0.1) is 0 Å². The molecule has 4 heteroatoms. The molecule has 4 nitrogen and oxygen atoms in total. The van der Waals surface area contributed by atoms with E-state index < -0.39 is 5.41 Å². The van der Waals surface area contributed by atoms with Crippen molar-refractivity contribution in [1.82, 2.24) is 0 Å². The van der Waals surface area contributed by atoms with Gasteiger partial charge < -0.3 is 0 Å². The van der Waals surface area contributed by atoms with Crippen LogP contribution in [0.1, 0.15) is 33.6 Å². The standard InChI is InChI=1S/C19H18N2O2/c1-11-14-4-5-18(2)7-12(9-20)15(22)6-16(18)19(14,3)8-13(10-21)17(11)23/h6-8,11,14H,4-5H2,1-3H3/t11-,14?,18+,19+/m1/s1. The number of fused-ring (bicyclic) bond motifs is 3. The average molecular weight is 306 g/mol. The summed E-state index contributed by atoms with van der Waals surface area (Å²) in [7, 11) is 0. The summed E-state index contributed by atoms with van der Waals surface area (Å²) in [6.45, 7) is 5.92. The van der Waals surface area contributed by atoms with Crippen LogP contribution in [-0.4, -0.2) is 11.6 Å². The van der Waals surface area contributed by atoms with Gasteiger partial charge in [-0.2, -0.15) is 10.5 Å². The van der Waals surface area contributed by atoms with E-state index in [1.165, 1.54) is 0 Å². The predicted molar refractivity (Wildman–Crippen MR) is 83.6 cm³/mol. The first-order valence-corrected chi connectivity index (χ1v) is 7.84. The Labute approximate surface area is 135 Å². The molecule has 0 aromatic carbocycles. The van der Waals surface area contributed by atoms with Gasteiger partial charge in [0.1, 0.15) is 12.1 Å². The van der Waals surface area contributed by atoms with Gasteiger partial charge >= 0.3 is 0 Å². The van der Waals surface area contributed by atoms with Gasteiger partial charge in [0.2, 0.25) is 0 Å². The van der Waals surface area contributed by atoms with Gasteiger partial charge in [0, 0.05) is 16.7 Å². The number of hydrogen-bond donors (Lipinski definition) is 0. The second kappa shape index (κ2) is 4.77. The van der Waals surface area contributed by atoms with Crippen molar-refractivity contribution in [3.8, 4) is 12.1 Å². The summed E-state index contributed by atoms with van der Waals surface area (Å²) in [6, 6.07) is 3.99. The van der Waals surface area contributed by atoms with E-state index in [1.54, 1.807) is 18.2 Å². The van der Waals surface area contributed by atoms with Crippen LogP contribution in [-0.2, 0) is 9.59 Å². The number of rotatable bonds is 0. The summed E-state index contributed by atoms with van der Waals surface area (Å²) < 4.78 is 0. The minimum atomic E-state index is -0.501. The molecule has 1 unspecified atom stereocenters. The molecule has 0 N–H and O–H groups in total. The van der Waals surface area contributed by atoms with Crippen molar-refractivity contribution < 1.29 is 9.59 Å². The fraction of sp³-hybridized carbons (Fsp3) is 0.474. The van der Waals surface area contributed by atoms with Crippen molar-refractivity contribution in [3.63, 3.8) is 0 Å². The number of allylic oxidation sites excluding steroid dienone is 6. The van der Waals surface area contributed by atoms with E-state index in [9.17, 15) is 14.9 Å². The van der Waals surface area contributed by atoms with E-state index >= 15 is 0 Å². The number of ketones is 2. The van der Waals surface area contributed by atoms with E-state index in [0.29, 0.717) is 0 Å². The Morgan fingerprint density at radius 2 is 1.78 bits per heavy atom. The zero-order chi connectivity index (χ0) is 17.0. The van der Waals surface area contributed by atoms with Crippen molar-refractivity contribution in [2.75, 3.05) is 0 Å². The first-order chi connectivity index (χ1) is 10.8. The van der Waals surface area contributed by atoms with E-state index in [-0.39, 0.29) is 40.0 Å². The third-order valence-electron chi connectivity index (χ3n) is 5.91. The van der Waals surface area contributed by atoms with E-state index in [4.69, 9.17) is 5.26 Å². The molecule has 116 valence electrons. The largest absolute Gasteiger partial charge is 0.293 e. The average Bonchev–Trinajstić information content (AvgIpc) is 2.52. The molecule has 0 amide bonds. The third kappa shape index (κ3) is 1.95. The molecule has 1 fully saturated rings. The highest BCUT2D eigenvalue weighted by Crippen LogP contribution is 2.60. The lowest BCUT2D eigenvalue weighted by molar-refractivity contribution is -0.122. The lowest BCUT2D eigenvalue weighted by atomic mass is 9.49. The molecule has 0 bridgehead atoms. The monoisotopic (exact) mass is 306 g/mol.